The third-order valence-corrected chi connectivity index (χ3v) is 12.9. The second-order valence-electron chi connectivity index (χ2n) is 16.3. The molecule has 0 aliphatic rings. The summed E-state index contributed by atoms with van der Waals surface area (Å²) < 4.78 is 4.73. The monoisotopic (exact) mass is 787 g/mol. The molecule has 0 spiro atoms. The Balaban J connectivity index is 1.01. The highest BCUT2D eigenvalue weighted by molar-refractivity contribution is 6.25. The lowest BCUT2D eigenvalue weighted by molar-refractivity contribution is 1.08. The molecule has 0 aliphatic carbocycles. The number of rotatable bonds is 5. The van der Waals surface area contributed by atoms with Gasteiger partial charge in [-0.15, -0.1) is 0 Å². The second kappa shape index (κ2) is 13.6. The molecule has 13 rings (SSSR count). The van der Waals surface area contributed by atoms with Crippen LogP contribution in [0.15, 0.2) is 224 Å². The SMILES string of the molecule is c1ccc(-c2cc(-c3ccc4c5ccccc5c5ccccc5c4c3)nc(-n3c4ccccc4c4cc(-c5ccc6c(c5)c5ccccc5n6-c5ccccc5)ccc43)c2)cc1. The molecule has 0 saturated carbocycles. The van der Waals surface area contributed by atoms with Crippen molar-refractivity contribution in [1.82, 2.24) is 14.1 Å². The van der Waals surface area contributed by atoms with Gasteiger partial charge in [-0.1, -0.05) is 158 Å². The lowest BCUT2D eigenvalue weighted by atomic mass is 9.92. The first-order chi connectivity index (χ1) is 30.7. The molecule has 0 bridgehead atoms. The molecule has 0 fully saturated rings. The molecule has 0 saturated heterocycles. The normalized spacial score (nSPS) is 11.9. The minimum atomic E-state index is 0.888. The fourth-order valence-electron chi connectivity index (χ4n) is 10.0. The molecule has 62 heavy (non-hydrogen) atoms. The van der Waals surface area contributed by atoms with Gasteiger partial charge in [0.1, 0.15) is 5.82 Å². The average molecular weight is 788 g/mol. The lowest BCUT2D eigenvalue weighted by Gasteiger charge is -2.15. The Morgan fingerprint density at radius 2 is 0.677 bits per heavy atom. The van der Waals surface area contributed by atoms with Gasteiger partial charge in [0, 0.05) is 32.8 Å². The van der Waals surface area contributed by atoms with Crippen LogP contribution in [0.1, 0.15) is 0 Å². The molecule has 0 radical (unpaired) electrons. The van der Waals surface area contributed by atoms with Crippen LogP contribution in [0, 0.1) is 0 Å². The van der Waals surface area contributed by atoms with Crippen LogP contribution in [0.5, 0.6) is 0 Å². The van der Waals surface area contributed by atoms with Crippen LogP contribution < -0.4 is 0 Å². The summed E-state index contributed by atoms with van der Waals surface area (Å²) in [6.07, 6.45) is 0. The summed E-state index contributed by atoms with van der Waals surface area (Å²) in [5.41, 5.74) is 12.5. The zero-order valence-electron chi connectivity index (χ0n) is 33.7. The fourth-order valence-corrected chi connectivity index (χ4v) is 10.0. The fraction of sp³-hybridized carbons (Fsp3) is 0. The molecule has 0 atom stereocenters. The summed E-state index contributed by atoms with van der Waals surface area (Å²) in [4.78, 5) is 5.55. The zero-order valence-corrected chi connectivity index (χ0v) is 33.7. The Morgan fingerprint density at radius 3 is 1.29 bits per heavy atom. The molecule has 0 N–H and O–H groups in total. The third-order valence-electron chi connectivity index (χ3n) is 12.9. The third kappa shape index (κ3) is 5.28. The van der Waals surface area contributed by atoms with Gasteiger partial charge in [0.25, 0.3) is 0 Å². The van der Waals surface area contributed by atoms with Crippen molar-refractivity contribution < 1.29 is 0 Å². The van der Waals surface area contributed by atoms with Gasteiger partial charge in [-0.05, 0) is 121 Å². The van der Waals surface area contributed by atoms with Crippen molar-refractivity contribution in [2.75, 3.05) is 0 Å². The molecule has 13 aromatic rings. The maximum Gasteiger partial charge on any atom is 0.138 e. The predicted molar refractivity (Wildman–Crippen MR) is 262 cm³/mol. The summed E-state index contributed by atoms with van der Waals surface area (Å²) in [5.74, 6) is 0.888. The highest BCUT2D eigenvalue weighted by Crippen LogP contribution is 2.41. The Hall–Kier alpha value is -8.27. The van der Waals surface area contributed by atoms with Crippen LogP contribution >= 0.6 is 0 Å². The lowest BCUT2D eigenvalue weighted by Crippen LogP contribution is -2.00. The predicted octanol–water partition coefficient (Wildman–Crippen LogP) is 15.7. The highest BCUT2D eigenvalue weighted by atomic mass is 15.1. The van der Waals surface area contributed by atoms with Gasteiger partial charge >= 0.3 is 0 Å². The summed E-state index contributed by atoms with van der Waals surface area (Å²) in [7, 11) is 0. The molecule has 0 amide bonds. The first-order valence-corrected chi connectivity index (χ1v) is 21.3. The standard InChI is InChI=1S/C59H37N3/c1-3-15-38(16-4-1)42-36-54(41-27-30-48-46-21-8-7-19-44(46)45-20-9-10-22-47(45)51(48)35-41)60-59(37-42)62-56-26-14-12-24-50(56)53-34-40(29-32-58(53)62)39-28-31-57-52(33-39)49-23-11-13-25-55(49)61(57)43-17-5-2-6-18-43/h1-37H. The van der Waals surface area contributed by atoms with Crippen LogP contribution in [-0.2, 0) is 0 Å². The zero-order chi connectivity index (χ0) is 40.7. The van der Waals surface area contributed by atoms with Crippen molar-refractivity contribution in [1.29, 1.82) is 0 Å². The van der Waals surface area contributed by atoms with E-state index in [-0.39, 0.29) is 0 Å². The van der Waals surface area contributed by atoms with E-state index in [0.29, 0.717) is 0 Å². The minimum Gasteiger partial charge on any atom is -0.309 e. The number of benzene rings is 10. The molecule has 288 valence electrons. The summed E-state index contributed by atoms with van der Waals surface area (Å²) in [5, 5.41) is 12.4. The molecular weight excluding hydrogens is 751 g/mol. The summed E-state index contributed by atoms with van der Waals surface area (Å²) in [6, 6.07) is 81.6. The van der Waals surface area contributed by atoms with Gasteiger partial charge in [0.15, 0.2) is 0 Å². The number of nitrogens with zero attached hydrogens (tertiary/aromatic N) is 3. The molecular formula is C59H37N3. The molecule has 10 aromatic carbocycles. The van der Waals surface area contributed by atoms with Crippen LogP contribution in [0.25, 0.3) is 121 Å². The van der Waals surface area contributed by atoms with Crippen molar-refractivity contribution in [3.8, 4) is 45.0 Å². The summed E-state index contributed by atoms with van der Waals surface area (Å²) in [6.45, 7) is 0. The van der Waals surface area contributed by atoms with Crippen LogP contribution in [0.2, 0.25) is 0 Å². The van der Waals surface area contributed by atoms with E-state index >= 15 is 0 Å². The van der Waals surface area contributed by atoms with Gasteiger partial charge < -0.3 is 4.57 Å². The molecule has 0 unspecified atom stereocenters. The van der Waals surface area contributed by atoms with E-state index in [9.17, 15) is 0 Å². The van der Waals surface area contributed by atoms with Crippen LogP contribution in [-0.4, -0.2) is 14.1 Å². The molecule has 0 aliphatic heterocycles. The highest BCUT2D eigenvalue weighted by Gasteiger charge is 2.19. The number of pyridine rings is 1. The van der Waals surface area contributed by atoms with Gasteiger partial charge in [0.05, 0.1) is 27.8 Å². The van der Waals surface area contributed by atoms with Crippen molar-refractivity contribution >= 4 is 75.9 Å². The van der Waals surface area contributed by atoms with Gasteiger partial charge in [-0.3, -0.25) is 4.57 Å². The quantitative estimate of drug-likeness (QED) is 0.159. The van der Waals surface area contributed by atoms with Crippen molar-refractivity contribution in [2.24, 2.45) is 0 Å². The van der Waals surface area contributed by atoms with Crippen LogP contribution in [0.3, 0.4) is 0 Å². The van der Waals surface area contributed by atoms with Crippen LogP contribution in [0.4, 0.5) is 0 Å². The smallest absolute Gasteiger partial charge is 0.138 e. The van der Waals surface area contributed by atoms with Gasteiger partial charge in [0.2, 0.25) is 0 Å². The molecule has 3 nitrogen and oxygen atoms in total. The number of aromatic nitrogens is 3. The molecule has 3 heteroatoms. The topological polar surface area (TPSA) is 22.8 Å². The van der Waals surface area contributed by atoms with Gasteiger partial charge in [-0.2, -0.15) is 0 Å². The van der Waals surface area contributed by atoms with Gasteiger partial charge in [-0.25, -0.2) is 4.98 Å². The Labute approximate surface area is 358 Å². The minimum absolute atomic E-state index is 0.888. The van der Waals surface area contributed by atoms with E-state index < -0.39 is 0 Å². The Kier molecular flexibility index (Phi) is 7.60. The maximum absolute atomic E-state index is 5.55. The van der Waals surface area contributed by atoms with E-state index in [1.807, 2.05) is 0 Å². The van der Waals surface area contributed by atoms with E-state index in [0.717, 1.165) is 44.9 Å². The van der Waals surface area contributed by atoms with Crippen molar-refractivity contribution in [3.63, 3.8) is 0 Å². The Morgan fingerprint density at radius 1 is 0.242 bits per heavy atom. The Bertz CT molecular complexity index is 3880. The van der Waals surface area contributed by atoms with E-state index in [4.69, 9.17) is 4.98 Å². The second-order valence-corrected chi connectivity index (χ2v) is 16.3. The van der Waals surface area contributed by atoms with E-state index in [1.54, 1.807) is 0 Å². The maximum atomic E-state index is 5.55. The number of fused-ring (bicyclic) bond motifs is 12. The first kappa shape index (κ1) is 34.6. The molecule has 3 aromatic heterocycles. The van der Waals surface area contributed by atoms with E-state index in [2.05, 4.69) is 234 Å². The number of para-hydroxylation sites is 3. The molecule has 3 heterocycles. The van der Waals surface area contributed by atoms with Crippen molar-refractivity contribution in [3.05, 3.63) is 224 Å². The first-order valence-electron chi connectivity index (χ1n) is 21.3. The number of hydrogen-bond acceptors (Lipinski definition) is 1. The average Bonchev–Trinajstić information content (AvgIpc) is 3.86. The van der Waals surface area contributed by atoms with Crippen molar-refractivity contribution in [2.45, 2.75) is 0 Å². The number of hydrogen-bond donors (Lipinski definition) is 0. The largest absolute Gasteiger partial charge is 0.309 e. The summed E-state index contributed by atoms with van der Waals surface area (Å²) >= 11 is 0. The van der Waals surface area contributed by atoms with E-state index in [1.165, 1.54) is 76.0 Å².